The van der Waals surface area contributed by atoms with Crippen molar-refractivity contribution in [2.45, 2.75) is 58.5 Å². The second-order valence-corrected chi connectivity index (χ2v) is 6.67. The molecule has 1 aliphatic carbocycles. The van der Waals surface area contributed by atoms with Crippen LogP contribution in [0.1, 0.15) is 50.7 Å². The van der Waals surface area contributed by atoms with E-state index in [9.17, 15) is 9.90 Å². The lowest BCUT2D eigenvalue weighted by Gasteiger charge is -2.29. The molecule has 1 aliphatic rings. The number of hydrogen-bond donors (Lipinski definition) is 2. The van der Waals surface area contributed by atoms with E-state index in [1.807, 2.05) is 13.0 Å². The molecule has 0 bridgehead atoms. The van der Waals surface area contributed by atoms with Crippen molar-refractivity contribution in [1.29, 1.82) is 0 Å². The maximum Gasteiger partial charge on any atom is 0.336 e. The number of aryl methyl sites for hydroxylation is 1. The lowest BCUT2D eigenvalue weighted by atomic mass is 9.86. The van der Waals surface area contributed by atoms with E-state index in [1.165, 1.54) is 25.7 Å². The SMILES string of the molecule is CCc1cc2c(CN[C@H]3CCCC[C@H]3C)cc(=O)oc2cc1O. The van der Waals surface area contributed by atoms with E-state index in [0.717, 1.165) is 22.9 Å². The molecule has 2 aromatic rings. The number of benzene rings is 1. The Bertz CT molecular complexity index is 750. The maximum atomic E-state index is 11.8. The number of phenolic OH excluding ortho intramolecular Hbond substituents is 1. The fourth-order valence-electron chi connectivity index (χ4n) is 3.60. The lowest BCUT2D eigenvalue weighted by molar-refractivity contribution is 0.279. The van der Waals surface area contributed by atoms with Gasteiger partial charge in [-0.25, -0.2) is 4.79 Å². The summed E-state index contributed by atoms with van der Waals surface area (Å²) in [6.45, 7) is 4.95. The standard InChI is InChI=1S/C19H25NO3/c1-3-13-8-15-14(9-19(22)23-18(15)10-17(13)21)11-20-16-7-5-4-6-12(16)2/h8-10,12,16,20-21H,3-7,11H2,1-2H3/t12-,16+/m1/s1. The van der Waals surface area contributed by atoms with Gasteiger partial charge in [-0.05, 0) is 42.4 Å². The Morgan fingerprint density at radius 1 is 1.22 bits per heavy atom. The largest absolute Gasteiger partial charge is 0.508 e. The zero-order valence-electron chi connectivity index (χ0n) is 13.9. The fourth-order valence-corrected chi connectivity index (χ4v) is 3.60. The van der Waals surface area contributed by atoms with Gasteiger partial charge in [-0.15, -0.1) is 0 Å². The number of phenols is 1. The molecular formula is C19H25NO3. The van der Waals surface area contributed by atoms with Crippen LogP contribution >= 0.6 is 0 Å². The number of nitrogens with one attached hydrogen (secondary N) is 1. The van der Waals surface area contributed by atoms with Gasteiger partial charge in [-0.3, -0.25) is 0 Å². The van der Waals surface area contributed by atoms with Crippen molar-refractivity contribution in [3.63, 3.8) is 0 Å². The van der Waals surface area contributed by atoms with Crippen LogP contribution in [0, 0.1) is 5.92 Å². The Labute approximate surface area is 136 Å². The first-order chi connectivity index (χ1) is 11.1. The van der Waals surface area contributed by atoms with Crippen molar-refractivity contribution in [3.05, 3.63) is 39.7 Å². The molecule has 0 unspecified atom stereocenters. The minimum atomic E-state index is -0.366. The summed E-state index contributed by atoms with van der Waals surface area (Å²) in [5, 5.41) is 14.5. The van der Waals surface area contributed by atoms with Crippen molar-refractivity contribution in [2.24, 2.45) is 5.92 Å². The Morgan fingerprint density at radius 2 is 2.00 bits per heavy atom. The van der Waals surface area contributed by atoms with E-state index < -0.39 is 0 Å². The average Bonchev–Trinajstić information content (AvgIpc) is 2.53. The first kappa shape index (κ1) is 16.1. The van der Waals surface area contributed by atoms with Crippen LogP contribution in [0.4, 0.5) is 0 Å². The Hall–Kier alpha value is -1.81. The molecule has 0 radical (unpaired) electrons. The quantitative estimate of drug-likeness (QED) is 0.844. The molecular weight excluding hydrogens is 290 g/mol. The van der Waals surface area contributed by atoms with E-state index >= 15 is 0 Å². The van der Waals surface area contributed by atoms with Gasteiger partial charge in [0.1, 0.15) is 11.3 Å². The molecule has 0 spiro atoms. The predicted molar refractivity (Wildman–Crippen MR) is 91.8 cm³/mol. The molecule has 1 aromatic heterocycles. The summed E-state index contributed by atoms with van der Waals surface area (Å²) in [6.07, 6.45) is 5.79. The van der Waals surface area contributed by atoms with Gasteiger partial charge >= 0.3 is 5.63 Å². The average molecular weight is 315 g/mol. The molecule has 2 atom stereocenters. The molecule has 23 heavy (non-hydrogen) atoms. The van der Waals surface area contributed by atoms with Crippen molar-refractivity contribution in [2.75, 3.05) is 0 Å². The molecule has 3 rings (SSSR count). The van der Waals surface area contributed by atoms with Crippen LogP contribution in [0.25, 0.3) is 11.0 Å². The van der Waals surface area contributed by atoms with E-state index in [2.05, 4.69) is 12.2 Å². The third kappa shape index (κ3) is 3.42. The maximum absolute atomic E-state index is 11.8. The highest BCUT2D eigenvalue weighted by molar-refractivity contribution is 5.82. The summed E-state index contributed by atoms with van der Waals surface area (Å²) in [5.41, 5.74) is 1.91. The Morgan fingerprint density at radius 3 is 2.74 bits per heavy atom. The third-order valence-corrected chi connectivity index (χ3v) is 5.08. The van der Waals surface area contributed by atoms with Crippen LogP contribution in [0.2, 0.25) is 0 Å². The number of fused-ring (bicyclic) bond motifs is 1. The van der Waals surface area contributed by atoms with Gasteiger partial charge in [0, 0.05) is 30.1 Å². The number of aromatic hydroxyl groups is 1. The summed E-state index contributed by atoms with van der Waals surface area (Å²) < 4.78 is 5.25. The van der Waals surface area contributed by atoms with Gasteiger partial charge in [0.25, 0.3) is 0 Å². The second-order valence-electron chi connectivity index (χ2n) is 6.67. The Kier molecular flexibility index (Phi) is 4.71. The van der Waals surface area contributed by atoms with E-state index in [4.69, 9.17) is 4.42 Å². The number of rotatable bonds is 4. The number of hydrogen-bond acceptors (Lipinski definition) is 4. The molecule has 124 valence electrons. The van der Waals surface area contributed by atoms with Crippen LogP contribution in [-0.2, 0) is 13.0 Å². The van der Waals surface area contributed by atoms with Crippen LogP contribution in [0.15, 0.2) is 27.4 Å². The molecule has 4 nitrogen and oxygen atoms in total. The van der Waals surface area contributed by atoms with Crippen molar-refractivity contribution >= 4 is 11.0 Å². The molecule has 0 saturated heterocycles. The first-order valence-corrected chi connectivity index (χ1v) is 8.60. The summed E-state index contributed by atoms with van der Waals surface area (Å²) >= 11 is 0. The van der Waals surface area contributed by atoms with E-state index in [-0.39, 0.29) is 11.4 Å². The van der Waals surface area contributed by atoms with Crippen LogP contribution in [-0.4, -0.2) is 11.1 Å². The Balaban J connectivity index is 1.91. The highest BCUT2D eigenvalue weighted by Crippen LogP contribution is 2.28. The predicted octanol–water partition coefficient (Wildman–Crippen LogP) is 3.73. The van der Waals surface area contributed by atoms with Gasteiger partial charge < -0.3 is 14.8 Å². The molecule has 0 aliphatic heterocycles. The summed E-state index contributed by atoms with van der Waals surface area (Å²) in [6, 6.07) is 5.57. The zero-order chi connectivity index (χ0) is 16.4. The van der Waals surface area contributed by atoms with Crippen LogP contribution < -0.4 is 10.9 Å². The van der Waals surface area contributed by atoms with E-state index in [0.29, 0.717) is 24.1 Å². The molecule has 1 heterocycles. The van der Waals surface area contributed by atoms with Crippen molar-refractivity contribution < 1.29 is 9.52 Å². The minimum Gasteiger partial charge on any atom is -0.508 e. The lowest BCUT2D eigenvalue weighted by Crippen LogP contribution is -2.36. The van der Waals surface area contributed by atoms with Gasteiger partial charge in [0.05, 0.1) is 0 Å². The molecule has 2 N–H and O–H groups in total. The minimum absolute atomic E-state index is 0.189. The third-order valence-electron chi connectivity index (χ3n) is 5.08. The van der Waals surface area contributed by atoms with Crippen molar-refractivity contribution in [3.8, 4) is 5.75 Å². The smallest absolute Gasteiger partial charge is 0.336 e. The van der Waals surface area contributed by atoms with Gasteiger partial charge in [-0.1, -0.05) is 26.7 Å². The molecule has 4 heteroatoms. The van der Waals surface area contributed by atoms with Gasteiger partial charge in [0.15, 0.2) is 0 Å². The normalized spacial score (nSPS) is 21.7. The summed E-state index contributed by atoms with van der Waals surface area (Å²) in [5.74, 6) is 0.861. The van der Waals surface area contributed by atoms with Crippen LogP contribution in [0.3, 0.4) is 0 Å². The van der Waals surface area contributed by atoms with Crippen LogP contribution in [0.5, 0.6) is 5.75 Å². The summed E-state index contributed by atoms with van der Waals surface area (Å²) in [4.78, 5) is 11.8. The molecule has 1 fully saturated rings. The topological polar surface area (TPSA) is 62.5 Å². The highest BCUT2D eigenvalue weighted by Gasteiger charge is 2.21. The monoisotopic (exact) mass is 315 g/mol. The highest BCUT2D eigenvalue weighted by atomic mass is 16.4. The van der Waals surface area contributed by atoms with Crippen molar-refractivity contribution in [1.82, 2.24) is 5.32 Å². The fraction of sp³-hybridized carbons (Fsp3) is 0.526. The zero-order valence-corrected chi connectivity index (χ0v) is 13.9. The first-order valence-electron chi connectivity index (χ1n) is 8.60. The summed E-state index contributed by atoms with van der Waals surface area (Å²) in [7, 11) is 0. The van der Waals surface area contributed by atoms with Gasteiger partial charge in [0.2, 0.25) is 0 Å². The molecule has 1 aromatic carbocycles. The second kappa shape index (κ2) is 6.75. The van der Waals surface area contributed by atoms with Gasteiger partial charge in [-0.2, -0.15) is 0 Å². The van der Waals surface area contributed by atoms with E-state index in [1.54, 1.807) is 12.1 Å². The molecule has 0 amide bonds. The molecule has 1 saturated carbocycles.